The Bertz CT molecular complexity index is 1220. The number of fused-ring (bicyclic) bond motifs is 2. The van der Waals surface area contributed by atoms with Crippen LogP contribution in [0.2, 0.25) is 0 Å². The van der Waals surface area contributed by atoms with Crippen molar-refractivity contribution in [3.63, 3.8) is 0 Å². The molecule has 2 bridgehead atoms. The highest BCUT2D eigenvalue weighted by atomic mass is 19.4. The van der Waals surface area contributed by atoms with Crippen molar-refractivity contribution in [1.29, 1.82) is 0 Å². The van der Waals surface area contributed by atoms with Crippen molar-refractivity contribution in [2.45, 2.75) is 38.1 Å². The van der Waals surface area contributed by atoms with Gasteiger partial charge in [0.15, 0.2) is 11.6 Å². The van der Waals surface area contributed by atoms with Gasteiger partial charge in [-0.2, -0.15) is 13.2 Å². The SMILES string of the molecule is Cc1cnc(-c2ncc(F)cn2)c(C(=O)N2CC3CC(Oc4ccc(C(F)(F)F)cn4)C2C3)c1. The molecule has 3 unspecified atom stereocenters. The zero-order valence-corrected chi connectivity index (χ0v) is 18.0. The molecule has 0 radical (unpaired) electrons. The van der Waals surface area contributed by atoms with Gasteiger partial charge in [0.05, 0.1) is 29.6 Å². The Hall–Kier alpha value is -3.63. The fourth-order valence-corrected chi connectivity index (χ4v) is 4.60. The van der Waals surface area contributed by atoms with Gasteiger partial charge in [-0.05, 0) is 43.4 Å². The number of aromatic nitrogens is 4. The van der Waals surface area contributed by atoms with Gasteiger partial charge in [-0.1, -0.05) is 0 Å². The zero-order chi connectivity index (χ0) is 24.0. The van der Waals surface area contributed by atoms with Crippen molar-refractivity contribution < 1.29 is 27.1 Å². The first-order valence-electron chi connectivity index (χ1n) is 10.6. The van der Waals surface area contributed by atoms with E-state index < -0.39 is 23.7 Å². The molecule has 4 heterocycles. The van der Waals surface area contributed by atoms with E-state index in [4.69, 9.17) is 4.74 Å². The largest absolute Gasteiger partial charge is 0.472 e. The van der Waals surface area contributed by atoms with Crippen LogP contribution in [0.3, 0.4) is 0 Å². The van der Waals surface area contributed by atoms with Crippen molar-refractivity contribution in [2.75, 3.05) is 6.54 Å². The Morgan fingerprint density at radius 1 is 1.06 bits per heavy atom. The van der Waals surface area contributed by atoms with E-state index in [0.29, 0.717) is 18.5 Å². The lowest BCUT2D eigenvalue weighted by Gasteiger charge is -2.33. The molecule has 0 spiro atoms. The Balaban J connectivity index is 1.38. The van der Waals surface area contributed by atoms with E-state index in [0.717, 1.165) is 36.6 Å². The van der Waals surface area contributed by atoms with Crippen molar-refractivity contribution in [3.05, 3.63) is 65.5 Å². The van der Waals surface area contributed by atoms with E-state index >= 15 is 0 Å². The number of amides is 1. The van der Waals surface area contributed by atoms with Crippen LogP contribution in [0.4, 0.5) is 17.6 Å². The van der Waals surface area contributed by atoms with E-state index in [-0.39, 0.29) is 35.3 Å². The molecule has 1 saturated heterocycles. The first-order chi connectivity index (χ1) is 16.2. The fraction of sp³-hybridized carbons (Fsp3) is 0.348. The van der Waals surface area contributed by atoms with Crippen LogP contribution in [0, 0.1) is 18.7 Å². The number of carbonyl (C=O) groups excluding carboxylic acids is 1. The summed E-state index contributed by atoms with van der Waals surface area (Å²) in [5.41, 5.74) is 0.457. The van der Waals surface area contributed by atoms with Gasteiger partial charge >= 0.3 is 6.18 Å². The minimum absolute atomic E-state index is 0.0792. The van der Waals surface area contributed by atoms with Crippen LogP contribution in [-0.4, -0.2) is 49.4 Å². The lowest BCUT2D eigenvalue weighted by atomic mass is 10.0. The minimum atomic E-state index is -4.48. The molecule has 1 aliphatic heterocycles. The van der Waals surface area contributed by atoms with Crippen LogP contribution in [-0.2, 0) is 6.18 Å². The summed E-state index contributed by atoms with van der Waals surface area (Å²) in [6.07, 6.45) is 0.865. The van der Waals surface area contributed by atoms with Crippen molar-refractivity contribution in [2.24, 2.45) is 5.92 Å². The number of likely N-dealkylation sites (tertiary alicyclic amines) is 1. The molecule has 2 aliphatic rings. The number of aryl methyl sites for hydroxylation is 1. The molecule has 3 aromatic heterocycles. The van der Waals surface area contributed by atoms with E-state index in [1.165, 1.54) is 6.07 Å². The van der Waals surface area contributed by atoms with Crippen molar-refractivity contribution >= 4 is 5.91 Å². The highest BCUT2D eigenvalue weighted by Gasteiger charge is 2.49. The lowest BCUT2D eigenvalue weighted by molar-refractivity contribution is -0.137. The first-order valence-corrected chi connectivity index (χ1v) is 10.6. The topological polar surface area (TPSA) is 81.1 Å². The lowest BCUT2D eigenvalue weighted by Crippen LogP contribution is -2.47. The highest BCUT2D eigenvalue weighted by Crippen LogP contribution is 2.41. The quantitative estimate of drug-likeness (QED) is 0.532. The zero-order valence-electron chi connectivity index (χ0n) is 18.0. The summed E-state index contributed by atoms with van der Waals surface area (Å²) in [4.78, 5) is 31.3. The molecule has 1 saturated carbocycles. The van der Waals surface area contributed by atoms with Crippen LogP contribution >= 0.6 is 0 Å². The van der Waals surface area contributed by atoms with Gasteiger partial charge in [-0.3, -0.25) is 9.78 Å². The Labute approximate surface area is 191 Å². The van der Waals surface area contributed by atoms with E-state index in [1.807, 2.05) is 0 Å². The second kappa shape index (κ2) is 8.30. The summed E-state index contributed by atoms with van der Waals surface area (Å²) >= 11 is 0. The van der Waals surface area contributed by atoms with Gasteiger partial charge in [-0.15, -0.1) is 0 Å². The third-order valence-corrected chi connectivity index (χ3v) is 6.11. The van der Waals surface area contributed by atoms with Crippen molar-refractivity contribution in [3.8, 4) is 17.4 Å². The molecule has 2 fully saturated rings. The molecule has 7 nitrogen and oxygen atoms in total. The second-order valence-corrected chi connectivity index (χ2v) is 8.54. The van der Waals surface area contributed by atoms with Gasteiger partial charge in [0.2, 0.25) is 5.88 Å². The summed E-state index contributed by atoms with van der Waals surface area (Å²) in [5, 5.41) is 0. The Kier molecular flexibility index (Phi) is 5.41. The molecule has 34 heavy (non-hydrogen) atoms. The van der Waals surface area contributed by atoms with E-state index in [2.05, 4.69) is 19.9 Å². The third-order valence-electron chi connectivity index (χ3n) is 6.11. The fourth-order valence-electron chi connectivity index (χ4n) is 4.60. The molecule has 0 N–H and O–H groups in total. The normalized spacial score (nSPS) is 21.7. The predicted molar refractivity (Wildman–Crippen MR) is 111 cm³/mol. The maximum Gasteiger partial charge on any atom is 0.417 e. The second-order valence-electron chi connectivity index (χ2n) is 8.54. The molecule has 0 aromatic carbocycles. The monoisotopic (exact) mass is 473 g/mol. The maximum absolute atomic E-state index is 13.6. The van der Waals surface area contributed by atoms with E-state index in [9.17, 15) is 22.4 Å². The molecule has 5 rings (SSSR count). The Morgan fingerprint density at radius 2 is 1.82 bits per heavy atom. The summed E-state index contributed by atoms with van der Waals surface area (Å²) in [6, 6.07) is 3.54. The van der Waals surface area contributed by atoms with Gasteiger partial charge in [-0.25, -0.2) is 19.3 Å². The van der Waals surface area contributed by atoms with Crippen LogP contribution in [0.1, 0.15) is 34.3 Å². The highest BCUT2D eigenvalue weighted by molar-refractivity contribution is 5.99. The average Bonchev–Trinajstić information content (AvgIpc) is 3.40. The number of hydrogen-bond acceptors (Lipinski definition) is 6. The maximum atomic E-state index is 13.6. The van der Waals surface area contributed by atoms with Crippen molar-refractivity contribution in [1.82, 2.24) is 24.8 Å². The van der Waals surface area contributed by atoms with Gasteiger partial charge < -0.3 is 9.64 Å². The molecule has 3 atom stereocenters. The number of alkyl halides is 3. The summed E-state index contributed by atoms with van der Waals surface area (Å²) in [6.45, 7) is 2.33. The number of carbonyl (C=O) groups is 1. The predicted octanol–water partition coefficient (Wildman–Crippen LogP) is 4.08. The third kappa shape index (κ3) is 4.17. The summed E-state index contributed by atoms with van der Waals surface area (Å²) in [7, 11) is 0. The van der Waals surface area contributed by atoms with E-state index in [1.54, 1.807) is 24.1 Å². The molecule has 3 aromatic rings. The smallest absolute Gasteiger partial charge is 0.417 e. The number of hydrogen-bond donors (Lipinski definition) is 0. The number of nitrogens with zero attached hydrogens (tertiary/aromatic N) is 5. The van der Waals surface area contributed by atoms with Gasteiger partial charge in [0.25, 0.3) is 5.91 Å². The van der Waals surface area contributed by atoms with Crippen LogP contribution < -0.4 is 4.74 Å². The molecular formula is C23H19F4N5O2. The average molecular weight is 473 g/mol. The summed E-state index contributed by atoms with van der Waals surface area (Å²) in [5.74, 6) is -0.458. The number of rotatable bonds is 4. The minimum Gasteiger partial charge on any atom is -0.472 e. The number of halogens is 4. The summed E-state index contributed by atoms with van der Waals surface area (Å²) < 4.78 is 57.6. The van der Waals surface area contributed by atoms with Crippen LogP contribution in [0.5, 0.6) is 5.88 Å². The number of pyridine rings is 2. The molecular weight excluding hydrogens is 454 g/mol. The first kappa shape index (κ1) is 22.2. The van der Waals surface area contributed by atoms with Gasteiger partial charge in [0.1, 0.15) is 11.8 Å². The van der Waals surface area contributed by atoms with Crippen LogP contribution in [0.15, 0.2) is 43.0 Å². The molecule has 176 valence electrons. The standard InChI is InChI=1S/C23H19F4N5O2/c1-12-4-16(20(29-7-12)21-30-9-15(24)10-31-21)22(33)32-11-13-5-17(32)18(6-13)34-19-3-2-14(8-28-19)23(25,26)27/h2-4,7-10,13,17-18H,5-6,11H2,1H3. The van der Waals surface area contributed by atoms with Gasteiger partial charge in [0, 0.05) is 25.0 Å². The Morgan fingerprint density at radius 3 is 2.47 bits per heavy atom. The molecule has 1 aliphatic carbocycles. The number of piperidine rings is 1. The molecule has 1 amide bonds. The number of ether oxygens (including phenoxy) is 1. The molecule has 11 heteroatoms. The van der Waals surface area contributed by atoms with Crippen LogP contribution in [0.25, 0.3) is 11.5 Å².